The minimum Gasteiger partial charge on any atom is -0.457 e. The number of phosphoric ester groups is 1. The molecule has 0 bridgehead atoms. The minimum absolute atomic E-state index is 0.199. The van der Waals surface area contributed by atoms with E-state index >= 15 is 0 Å². The standard InChI is InChI=1S/C46H91O10P/c1-3-5-7-9-11-13-15-17-19-20-21-22-23-24-26-28-30-32-34-36-38-46(50)56-44(40-48)42-54-57(51,52)53-41-43(39-47)55-45(49)37-35-33-31-29-27-25-18-16-14-12-10-8-6-4-2/h43-44,47-48H,3-42H2,1-2H3,(H,51,52). The van der Waals surface area contributed by atoms with Crippen molar-refractivity contribution in [3.8, 4) is 0 Å². The van der Waals surface area contributed by atoms with Gasteiger partial charge in [-0.05, 0) is 12.8 Å². The van der Waals surface area contributed by atoms with Gasteiger partial charge in [0, 0.05) is 12.8 Å². The number of aliphatic hydroxyl groups excluding tert-OH is 2. The van der Waals surface area contributed by atoms with Gasteiger partial charge in [-0.3, -0.25) is 18.6 Å². The Morgan fingerprint density at radius 1 is 0.404 bits per heavy atom. The number of aliphatic hydroxyl groups is 2. The third-order valence-corrected chi connectivity index (χ3v) is 11.8. The first-order chi connectivity index (χ1) is 27.8. The van der Waals surface area contributed by atoms with Crippen LogP contribution in [0.2, 0.25) is 0 Å². The van der Waals surface area contributed by atoms with Crippen molar-refractivity contribution in [3.05, 3.63) is 0 Å². The molecule has 0 fully saturated rings. The Morgan fingerprint density at radius 3 is 0.825 bits per heavy atom. The Kier molecular flexibility index (Phi) is 42.3. The topological polar surface area (TPSA) is 149 Å². The van der Waals surface area contributed by atoms with E-state index in [1.54, 1.807) is 0 Å². The quantitative estimate of drug-likeness (QED) is 0.0307. The smallest absolute Gasteiger partial charge is 0.457 e. The highest BCUT2D eigenvalue weighted by atomic mass is 31.2. The second kappa shape index (κ2) is 43.1. The van der Waals surface area contributed by atoms with Gasteiger partial charge < -0.3 is 24.6 Å². The lowest BCUT2D eigenvalue weighted by atomic mass is 10.0. The van der Waals surface area contributed by atoms with Gasteiger partial charge in [0.05, 0.1) is 26.4 Å². The van der Waals surface area contributed by atoms with Gasteiger partial charge in [0.25, 0.3) is 0 Å². The van der Waals surface area contributed by atoms with E-state index in [0.29, 0.717) is 12.8 Å². The lowest BCUT2D eigenvalue weighted by molar-refractivity contribution is -0.153. The predicted molar refractivity (Wildman–Crippen MR) is 233 cm³/mol. The molecule has 0 saturated carbocycles. The summed E-state index contributed by atoms with van der Waals surface area (Å²) in [4.78, 5) is 34.6. The van der Waals surface area contributed by atoms with E-state index in [1.807, 2.05) is 0 Å². The zero-order valence-corrected chi connectivity index (χ0v) is 38.0. The van der Waals surface area contributed by atoms with E-state index in [0.717, 1.165) is 38.5 Å². The second-order valence-corrected chi connectivity index (χ2v) is 17.9. The summed E-state index contributed by atoms with van der Waals surface area (Å²) in [6, 6.07) is 0. The van der Waals surface area contributed by atoms with E-state index in [4.69, 9.17) is 18.5 Å². The van der Waals surface area contributed by atoms with Gasteiger partial charge in [-0.25, -0.2) is 4.57 Å². The average Bonchev–Trinajstić information content (AvgIpc) is 3.20. The Bertz CT molecular complexity index is 920. The first-order valence-corrected chi connectivity index (χ1v) is 25.5. The number of carbonyl (C=O) groups excluding carboxylic acids is 2. The van der Waals surface area contributed by atoms with Crippen LogP contribution in [-0.2, 0) is 32.7 Å². The van der Waals surface area contributed by atoms with Crippen LogP contribution in [-0.4, -0.2) is 65.7 Å². The molecule has 0 aliphatic carbocycles. The molecular formula is C46H91O10P. The number of esters is 2. The predicted octanol–water partition coefficient (Wildman–Crippen LogP) is 13.0. The van der Waals surface area contributed by atoms with Crippen molar-refractivity contribution >= 4 is 19.8 Å². The fraction of sp³-hybridized carbons (Fsp3) is 0.957. The summed E-state index contributed by atoms with van der Waals surface area (Å²) in [5.74, 6) is -1.00. The molecule has 0 aliphatic heterocycles. The van der Waals surface area contributed by atoms with Gasteiger partial charge in [0.2, 0.25) is 0 Å². The highest BCUT2D eigenvalue weighted by Gasteiger charge is 2.27. The van der Waals surface area contributed by atoms with Crippen molar-refractivity contribution in [2.24, 2.45) is 0 Å². The van der Waals surface area contributed by atoms with E-state index in [-0.39, 0.29) is 12.8 Å². The molecule has 3 N–H and O–H groups in total. The maximum Gasteiger partial charge on any atom is 0.472 e. The molecular weight excluding hydrogens is 743 g/mol. The molecule has 0 radical (unpaired) electrons. The van der Waals surface area contributed by atoms with Gasteiger partial charge in [0.15, 0.2) is 0 Å². The molecule has 11 heteroatoms. The lowest BCUT2D eigenvalue weighted by Gasteiger charge is -2.20. The van der Waals surface area contributed by atoms with Crippen LogP contribution in [0.25, 0.3) is 0 Å². The number of rotatable bonds is 46. The van der Waals surface area contributed by atoms with Crippen molar-refractivity contribution in [3.63, 3.8) is 0 Å². The van der Waals surface area contributed by atoms with Crippen LogP contribution in [0.3, 0.4) is 0 Å². The largest absolute Gasteiger partial charge is 0.472 e. The highest BCUT2D eigenvalue weighted by Crippen LogP contribution is 2.43. The van der Waals surface area contributed by atoms with Crippen LogP contribution in [0.15, 0.2) is 0 Å². The van der Waals surface area contributed by atoms with Crippen molar-refractivity contribution in [2.45, 2.75) is 257 Å². The van der Waals surface area contributed by atoms with Crippen molar-refractivity contribution in [2.75, 3.05) is 26.4 Å². The molecule has 57 heavy (non-hydrogen) atoms. The Morgan fingerprint density at radius 2 is 0.614 bits per heavy atom. The second-order valence-electron chi connectivity index (χ2n) is 16.5. The molecule has 0 heterocycles. The van der Waals surface area contributed by atoms with Crippen molar-refractivity contribution < 1.29 is 47.8 Å². The van der Waals surface area contributed by atoms with Crippen LogP contribution in [0.5, 0.6) is 0 Å². The number of carbonyl (C=O) groups is 2. The fourth-order valence-corrected chi connectivity index (χ4v) is 7.90. The fourth-order valence-electron chi connectivity index (χ4n) is 7.12. The SMILES string of the molecule is CCCCCCCCCCCCCCCCCCCCCCC(=O)OC(CO)COP(=O)(O)OCC(CO)OC(=O)CCCCCCCCCCCCCCCC. The molecule has 340 valence electrons. The monoisotopic (exact) mass is 835 g/mol. The van der Waals surface area contributed by atoms with Crippen molar-refractivity contribution in [1.29, 1.82) is 0 Å². The molecule has 0 aromatic carbocycles. The summed E-state index contributed by atoms with van der Waals surface area (Å²) in [5, 5.41) is 19.2. The minimum atomic E-state index is -4.63. The first kappa shape index (κ1) is 56.0. The summed E-state index contributed by atoms with van der Waals surface area (Å²) in [6.07, 6.45) is 40.8. The molecule has 0 aliphatic rings. The normalized spacial score (nSPS) is 13.7. The summed E-state index contributed by atoms with van der Waals surface area (Å²) < 4.78 is 32.6. The number of hydrogen-bond acceptors (Lipinski definition) is 9. The Hall–Kier alpha value is -1.03. The number of hydrogen-bond donors (Lipinski definition) is 3. The number of unbranched alkanes of at least 4 members (excludes halogenated alkanes) is 32. The molecule has 0 saturated heterocycles. The average molecular weight is 835 g/mol. The molecule has 0 spiro atoms. The maximum absolute atomic E-state index is 12.4. The van der Waals surface area contributed by atoms with Crippen LogP contribution in [0.4, 0.5) is 0 Å². The van der Waals surface area contributed by atoms with E-state index in [9.17, 15) is 29.3 Å². The van der Waals surface area contributed by atoms with E-state index in [1.165, 1.54) is 167 Å². The molecule has 3 unspecified atom stereocenters. The van der Waals surface area contributed by atoms with Gasteiger partial charge in [0.1, 0.15) is 12.2 Å². The molecule has 0 rings (SSSR count). The van der Waals surface area contributed by atoms with Crippen LogP contribution in [0, 0.1) is 0 Å². The van der Waals surface area contributed by atoms with Gasteiger partial charge in [-0.15, -0.1) is 0 Å². The van der Waals surface area contributed by atoms with Crippen LogP contribution >= 0.6 is 7.82 Å². The molecule has 10 nitrogen and oxygen atoms in total. The molecule has 0 amide bonds. The summed E-state index contributed by atoms with van der Waals surface area (Å²) in [5.41, 5.74) is 0. The molecule has 0 aromatic heterocycles. The zero-order valence-electron chi connectivity index (χ0n) is 37.1. The third kappa shape index (κ3) is 41.5. The first-order valence-electron chi connectivity index (χ1n) is 24.0. The van der Waals surface area contributed by atoms with E-state index < -0.39 is 58.4 Å². The summed E-state index contributed by atoms with van der Waals surface area (Å²) in [7, 11) is -4.63. The van der Waals surface area contributed by atoms with Crippen LogP contribution < -0.4 is 0 Å². The van der Waals surface area contributed by atoms with Crippen molar-refractivity contribution in [1.82, 2.24) is 0 Å². The van der Waals surface area contributed by atoms with Gasteiger partial charge in [-0.1, -0.05) is 219 Å². The summed E-state index contributed by atoms with van der Waals surface area (Å²) in [6.45, 7) is 2.26. The lowest BCUT2D eigenvalue weighted by Crippen LogP contribution is -2.28. The Labute approximate surface area is 350 Å². The van der Waals surface area contributed by atoms with Gasteiger partial charge >= 0.3 is 19.8 Å². The Balaban J connectivity index is 3.81. The number of phosphoric acid groups is 1. The zero-order chi connectivity index (χ0) is 41.9. The van der Waals surface area contributed by atoms with Crippen LogP contribution in [0.1, 0.15) is 245 Å². The highest BCUT2D eigenvalue weighted by molar-refractivity contribution is 7.47. The summed E-state index contributed by atoms with van der Waals surface area (Å²) >= 11 is 0. The number of ether oxygens (including phenoxy) is 2. The van der Waals surface area contributed by atoms with E-state index in [2.05, 4.69) is 13.8 Å². The van der Waals surface area contributed by atoms with Gasteiger partial charge in [-0.2, -0.15) is 0 Å². The third-order valence-electron chi connectivity index (χ3n) is 10.8. The molecule has 3 atom stereocenters. The molecule has 0 aromatic rings. The maximum atomic E-state index is 12.4.